The first kappa shape index (κ1) is 13.4. The zero-order valence-electron chi connectivity index (χ0n) is 12.1. The van der Waals surface area contributed by atoms with Crippen molar-refractivity contribution in [3.8, 4) is 0 Å². The average molecular weight is 279 g/mol. The largest absolute Gasteiger partial charge is 0.342 e. The molecule has 2 N–H and O–H groups in total. The Morgan fingerprint density at radius 1 is 1.19 bits per heavy atom. The second-order valence-electron chi connectivity index (χ2n) is 5.03. The van der Waals surface area contributed by atoms with Crippen molar-refractivity contribution in [2.75, 3.05) is 5.32 Å². The predicted molar refractivity (Wildman–Crippen MR) is 84.6 cm³/mol. The fraction of sp³-hybridized carbons (Fsp3) is 0.176. The fourth-order valence-corrected chi connectivity index (χ4v) is 2.36. The molecule has 0 saturated heterocycles. The Kier molecular flexibility index (Phi) is 3.44. The molecule has 4 nitrogen and oxygen atoms in total. The van der Waals surface area contributed by atoms with Crippen molar-refractivity contribution in [1.82, 2.24) is 9.97 Å². The number of hydrogen-bond donors (Lipinski definition) is 2. The Morgan fingerprint density at radius 2 is 1.95 bits per heavy atom. The van der Waals surface area contributed by atoms with Gasteiger partial charge in [0.2, 0.25) is 0 Å². The van der Waals surface area contributed by atoms with Crippen LogP contribution in [0.15, 0.2) is 42.5 Å². The molecule has 0 atom stereocenters. The van der Waals surface area contributed by atoms with Crippen molar-refractivity contribution in [3.63, 3.8) is 0 Å². The Labute approximate surface area is 123 Å². The van der Waals surface area contributed by atoms with E-state index in [0.29, 0.717) is 11.1 Å². The van der Waals surface area contributed by atoms with Gasteiger partial charge in [-0.15, -0.1) is 0 Å². The van der Waals surface area contributed by atoms with Crippen LogP contribution in [0.25, 0.3) is 11.0 Å². The zero-order chi connectivity index (χ0) is 14.8. The highest BCUT2D eigenvalue weighted by Crippen LogP contribution is 2.18. The Morgan fingerprint density at radius 3 is 2.67 bits per heavy atom. The lowest BCUT2D eigenvalue weighted by molar-refractivity contribution is 0.102. The predicted octanol–water partition coefficient (Wildman–Crippen LogP) is 3.69. The number of H-pyrrole nitrogens is 1. The summed E-state index contributed by atoms with van der Waals surface area (Å²) >= 11 is 0. The normalized spacial score (nSPS) is 10.8. The number of aromatic amines is 1. The lowest BCUT2D eigenvalue weighted by atomic mass is 10.1. The maximum atomic E-state index is 12.4. The number of amides is 1. The number of imidazole rings is 1. The fourth-order valence-electron chi connectivity index (χ4n) is 2.36. The van der Waals surface area contributed by atoms with Crippen molar-refractivity contribution in [2.24, 2.45) is 0 Å². The van der Waals surface area contributed by atoms with Gasteiger partial charge in [0, 0.05) is 5.69 Å². The number of fused-ring (bicyclic) bond motifs is 1. The number of aromatic nitrogens is 2. The molecule has 106 valence electrons. The summed E-state index contributed by atoms with van der Waals surface area (Å²) in [4.78, 5) is 20.0. The van der Waals surface area contributed by atoms with Crippen molar-refractivity contribution in [2.45, 2.75) is 20.3 Å². The average Bonchev–Trinajstić information content (AvgIpc) is 2.87. The monoisotopic (exact) mass is 279 g/mol. The smallest absolute Gasteiger partial charge is 0.257 e. The molecule has 1 heterocycles. The Hall–Kier alpha value is -2.62. The highest BCUT2D eigenvalue weighted by molar-refractivity contribution is 6.11. The van der Waals surface area contributed by atoms with Crippen LogP contribution in [0.3, 0.4) is 0 Å². The van der Waals surface area contributed by atoms with Crippen LogP contribution in [0.2, 0.25) is 0 Å². The molecular weight excluding hydrogens is 262 g/mol. The van der Waals surface area contributed by atoms with E-state index in [0.717, 1.165) is 23.4 Å². The molecule has 2 aromatic carbocycles. The molecule has 0 radical (unpaired) electrons. The third-order valence-corrected chi connectivity index (χ3v) is 3.50. The summed E-state index contributed by atoms with van der Waals surface area (Å²) in [5.41, 5.74) is 4.20. The van der Waals surface area contributed by atoms with E-state index in [1.165, 1.54) is 5.56 Å². The Balaban J connectivity index is 1.89. The van der Waals surface area contributed by atoms with Crippen LogP contribution in [0.1, 0.15) is 28.7 Å². The molecule has 1 aromatic heterocycles. The second kappa shape index (κ2) is 5.40. The van der Waals surface area contributed by atoms with E-state index in [2.05, 4.69) is 22.2 Å². The van der Waals surface area contributed by atoms with Crippen LogP contribution in [-0.4, -0.2) is 15.9 Å². The summed E-state index contributed by atoms with van der Waals surface area (Å²) in [6, 6.07) is 13.5. The number of aryl methyl sites for hydroxylation is 2. The summed E-state index contributed by atoms with van der Waals surface area (Å²) in [5, 5.41) is 2.92. The van der Waals surface area contributed by atoms with Crippen molar-refractivity contribution in [3.05, 3.63) is 59.4 Å². The second-order valence-corrected chi connectivity index (χ2v) is 5.03. The van der Waals surface area contributed by atoms with Crippen molar-refractivity contribution >= 4 is 22.6 Å². The van der Waals surface area contributed by atoms with Crippen LogP contribution >= 0.6 is 0 Å². The number of nitrogens with zero attached hydrogens (tertiary/aromatic N) is 1. The summed E-state index contributed by atoms with van der Waals surface area (Å²) in [6.07, 6.45) is 0.986. The van der Waals surface area contributed by atoms with Crippen LogP contribution < -0.4 is 5.32 Å². The van der Waals surface area contributed by atoms with Crippen LogP contribution in [0, 0.1) is 6.92 Å². The molecule has 1 amide bonds. The summed E-state index contributed by atoms with van der Waals surface area (Å²) < 4.78 is 0. The van der Waals surface area contributed by atoms with Gasteiger partial charge in [0.15, 0.2) is 0 Å². The molecule has 0 aliphatic carbocycles. The number of hydrogen-bond acceptors (Lipinski definition) is 2. The van der Waals surface area contributed by atoms with Gasteiger partial charge >= 0.3 is 0 Å². The van der Waals surface area contributed by atoms with Gasteiger partial charge < -0.3 is 10.3 Å². The highest BCUT2D eigenvalue weighted by atomic mass is 16.1. The lowest BCUT2D eigenvalue weighted by Gasteiger charge is -2.06. The van der Waals surface area contributed by atoms with E-state index >= 15 is 0 Å². The minimum Gasteiger partial charge on any atom is -0.342 e. The first-order chi connectivity index (χ1) is 10.2. The van der Waals surface area contributed by atoms with Gasteiger partial charge in [-0.25, -0.2) is 4.98 Å². The number of carbonyl (C=O) groups excluding carboxylic acids is 1. The maximum absolute atomic E-state index is 12.4. The van der Waals surface area contributed by atoms with E-state index in [9.17, 15) is 4.79 Å². The number of benzene rings is 2. The first-order valence-corrected chi connectivity index (χ1v) is 7.03. The minimum atomic E-state index is -0.142. The van der Waals surface area contributed by atoms with E-state index in [4.69, 9.17) is 0 Å². The van der Waals surface area contributed by atoms with Crippen LogP contribution in [0.5, 0.6) is 0 Å². The van der Waals surface area contributed by atoms with Crippen molar-refractivity contribution < 1.29 is 4.79 Å². The third kappa shape index (κ3) is 2.65. The summed E-state index contributed by atoms with van der Waals surface area (Å²) in [5.74, 6) is 0.661. The molecule has 4 heteroatoms. The SMILES string of the molecule is CCc1ccc(NC(=O)c2cccc3[nH]c(C)nc23)cc1. The topological polar surface area (TPSA) is 57.8 Å². The quantitative estimate of drug-likeness (QED) is 0.768. The number of carbonyl (C=O) groups is 1. The molecule has 0 unspecified atom stereocenters. The molecule has 0 fully saturated rings. The van der Waals surface area contributed by atoms with Crippen LogP contribution in [0.4, 0.5) is 5.69 Å². The molecule has 3 aromatic rings. The van der Waals surface area contributed by atoms with Gasteiger partial charge in [-0.3, -0.25) is 4.79 Å². The molecular formula is C17H17N3O. The van der Waals surface area contributed by atoms with Gasteiger partial charge in [-0.2, -0.15) is 0 Å². The molecule has 0 saturated carbocycles. The molecule has 3 rings (SSSR count). The third-order valence-electron chi connectivity index (χ3n) is 3.50. The standard InChI is InChI=1S/C17H17N3O/c1-3-12-7-9-13(10-8-12)20-17(21)14-5-4-6-15-16(14)19-11(2)18-15/h4-10H,3H2,1-2H3,(H,18,19)(H,20,21). The molecule has 0 aliphatic rings. The molecule has 0 aliphatic heterocycles. The van der Waals surface area contributed by atoms with Gasteiger partial charge in [0.05, 0.1) is 11.1 Å². The number of anilines is 1. The Bertz CT molecular complexity index is 787. The minimum absolute atomic E-state index is 0.142. The van der Waals surface area contributed by atoms with Crippen LogP contribution in [-0.2, 0) is 6.42 Å². The first-order valence-electron chi connectivity index (χ1n) is 7.03. The molecule has 21 heavy (non-hydrogen) atoms. The zero-order valence-corrected chi connectivity index (χ0v) is 12.1. The van der Waals surface area contributed by atoms with Gasteiger partial charge in [0.1, 0.15) is 11.3 Å². The molecule has 0 spiro atoms. The molecule has 0 bridgehead atoms. The highest BCUT2D eigenvalue weighted by Gasteiger charge is 2.12. The number of para-hydroxylation sites is 1. The number of nitrogens with one attached hydrogen (secondary N) is 2. The van der Waals surface area contributed by atoms with E-state index in [1.807, 2.05) is 43.3 Å². The summed E-state index contributed by atoms with van der Waals surface area (Å²) in [6.45, 7) is 3.99. The van der Waals surface area contributed by atoms with Gasteiger partial charge in [-0.05, 0) is 43.2 Å². The lowest BCUT2D eigenvalue weighted by Crippen LogP contribution is -2.12. The van der Waals surface area contributed by atoms with E-state index in [-0.39, 0.29) is 5.91 Å². The van der Waals surface area contributed by atoms with Gasteiger partial charge in [-0.1, -0.05) is 25.1 Å². The van der Waals surface area contributed by atoms with E-state index < -0.39 is 0 Å². The van der Waals surface area contributed by atoms with Crippen molar-refractivity contribution in [1.29, 1.82) is 0 Å². The summed E-state index contributed by atoms with van der Waals surface area (Å²) in [7, 11) is 0. The number of rotatable bonds is 3. The van der Waals surface area contributed by atoms with E-state index in [1.54, 1.807) is 6.07 Å². The maximum Gasteiger partial charge on any atom is 0.257 e. The van der Waals surface area contributed by atoms with Gasteiger partial charge in [0.25, 0.3) is 5.91 Å².